The van der Waals surface area contributed by atoms with E-state index in [1.807, 2.05) is 0 Å². The minimum atomic E-state index is -1.09. The molecule has 0 aliphatic carbocycles. The zero-order chi connectivity index (χ0) is 20.1. The Labute approximate surface area is 160 Å². The summed E-state index contributed by atoms with van der Waals surface area (Å²) in [5.41, 5.74) is 1.01. The van der Waals surface area contributed by atoms with Gasteiger partial charge in [-0.25, -0.2) is 4.79 Å². The van der Waals surface area contributed by atoms with Gasteiger partial charge in [-0.1, -0.05) is 17.3 Å². The van der Waals surface area contributed by atoms with Crippen molar-refractivity contribution in [2.45, 2.75) is 0 Å². The van der Waals surface area contributed by atoms with Crippen LogP contribution in [0, 0.1) is 0 Å². The van der Waals surface area contributed by atoms with Gasteiger partial charge in [-0.3, -0.25) is 0 Å². The predicted octanol–water partition coefficient (Wildman–Crippen LogP) is 2.89. The van der Waals surface area contributed by atoms with Crippen LogP contribution in [-0.4, -0.2) is 49.2 Å². The molecule has 1 N–H and O–H groups in total. The fourth-order valence-electron chi connectivity index (χ4n) is 2.55. The van der Waals surface area contributed by atoms with Gasteiger partial charge >= 0.3 is 5.97 Å². The summed E-state index contributed by atoms with van der Waals surface area (Å²) in [4.78, 5) is 15.2. The molecule has 0 aliphatic rings. The second-order valence-corrected chi connectivity index (χ2v) is 5.51. The van der Waals surface area contributed by atoms with Crippen molar-refractivity contribution in [3.05, 3.63) is 36.4 Å². The van der Waals surface area contributed by atoms with Gasteiger partial charge in [0, 0.05) is 6.07 Å². The number of nitrogens with zero attached hydrogens (tertiary/aromatic N) is 2. The second kappa shape index (κ2) is 8.30. The van der Waals surface area contributed by atoms with Gasteiger partial charge in [-0.15, -0.1) is 0 Å². The first kappa shape index (κ1) is 19.0. The lowest BCUT2D eigenvalue weighted by atomic mass is 10.1. The molecule has 146 valence electrons. The molecule has 1 aromatic heterocycles. The Morgan fingerprint density at radius 2 is 1.64 bits per heavy atom. The summed E-state index contributed by atoms with van der Waals surface area (Å²) in [6.45, 7) is -0.485. The number of carboxylic acids is 1. The van der Waals surface area contributed by atoms with E-state index in [0.29, 0.717) is 34.1 Å². The van der Waals surface area contributed by atoms with Gasteiger partial charge in [0.2, 0.25) is 5.82 Å². The highest BCUT2D eigenvalue weighted by atomic mass is 16.5. The Kier molecular flexibility index (Phi) is 5.64. The summed E-state index contributed by atoms with van der Waals surface area (Å²) in [6, 6.07) is 10.1. The van der Waals surface area contributed by atoms with Gasteiger partial charge in [0.05, 0.1) is 32.5 Å². The summed E-state index contributed by atoms with van der Waals surface area (Å²) in [7, 11) is 4.56. The molecule has 0 unspecified atom stereocenters. The molecule has 0 fully saturated rings. The van der Waals surface area contributed by atoms with Crippen molar-refractivity contribution in [2.24, 2.45) is 0 Å². The third-order valence-electron chi connectivity index (χ3n) is 3.84. The predicted molar refractivity (Wildman–Crippen MR) is 98.0 cm³/mol. The van der Waals surface area contributed by atoms with Gasteiger partial charge in [0.15, 0.2) is 18.1 Å². The van der Waals surface area contributed by atoms with Crippen molar-refractivity contribution in [1.29, 1.82) is 0 Å². The van der Waals surface area contributed by atoms with E-state index in [4.69, 9.17) is 28.6 Å². The monoisotopic (exact) mass is 386 g/mol. The van der Waals surface area contributed by atoms with E-state index in [1.54, 1.807) is 36.4 Å². The van der Waals surface area contributed by atoms with Crippen molar-refractivity contribution in [1.82, 2.24) is 10.1 Å². The van der Waals surface area contributed by atoms with Gasteiger partial charge in [-0.2, -0.15) is 4.98 Å². The Hall–Kier alpha value is -3.75. The summed E-state index contributed by atoms with van der Waals surface area (Å²) in [5, 5.41) is 12.8. The number of aliphatic carboxylic acids is 1. The van der Waals surface area contributed by atoms with Crippen molar-refractivity contribution in [3.8, 4) is 45.8 Å². The summed E-state index contributed by atoms with van der Waals surface area (Å²) >= 11 is 0. The molecular weight excluding hydrogens is 368 g/mol. The minimum Gasteiger partial charge on any atom is -0.496 e. The number of hydrogen-bond donors (Lipinski definition) is 1. The van der Waals surface area contributed by atoms with Crippen molar-refractivity contribution < 1.29 is 33.4 Å². The maximum absolute atomic E-state index is 10.8. The quantitative estimate of drug-likeness (QED) is 0.624. The third-order valence-corrected chi connectivity index (χ3v) is 3.84. The summed E-state index contributed by atoms with van der Waals surface area (Å²) in [5.74, 6) is 1.12. The number of carboxylic acid groups (broad SMARTS) is 1. The molecule has 3 aromatic rings. The topological polar surface area (TPSA) is 113 Å². The molecular formula is C19H18N2O7. The van der Waals surface area contributed by atoms with Crippen molar-refractivity contribution >= 4 is 5.97 Å². The van der Waals surface area contributed by atoms with E-state index < -0.39 is 12.6 Å². The van der Waals surface area contributed by atoms with Gasteiger partial charge < -0.3 is 28.6 Å². The zero-order valence-corrected chi connectivity index (χ0v) is 15.5. The first-order chi connectivity index (χ1) is 13.6. The highest BCUT2D eigenvalue weighted by Crippen LogP contribution is 2.40. The number of benzene rings is 2. The van der Waals surface area contributed by atoms with Crippen LogP contribution in [-0.2, 0) is 4.79 Å². The van der Waals surface area contributed by atoms with E-state index in [-0.39, 0.29) is 11.7 Å². The second-order valence-electron chi connectivity index (χ2n) is 5.51. The van der Waals surface area contributed by atoms with Gasteiger partial charge in [0.1, 0.15) is 11.5 Å². The Morgan fingerprint density at radius 3 is 2.32 bits per heavy atom. The minimum absolute atomic E-state index is 0.174. The van der Waals surface area contributed by atoms with Gasteiger partial charge in [-0.05, 0) is 18.2 Å². The average molecular weight is 386 g/mol. The first-order valence-corrected chi connectivity index (χ1v) is 8.15. The van der Waals surface area contributed by atoms with Crippen LogP contribution < -0.4 is 18.9 Å². The summed E-state index contributed by atoms with van der Waals surface area (Å²) < 4.78 is 26.6. The number of carbonyl (C=O) groups is 1. The van der Waals surface area contributed by atoms with E-state index in [1.165, 1.54) is 21.3 Å². The van der Waals surface area contributed by atoms with Crippen LogP contribution in [0.4, 0.5) is 0 Å². The van der Waals surface area contributed by atoms with E-state index in [2.05, 4.69) is 10.1 Å². The van der Waals surface area contributed by atoms with E-state index in [9.17, 15) is 4.79 Å². The number of ether oxygens (including phenoxy) is 4. The fourth-order valence-corrected chi connectivity index (χ4v) is 2.55. The molecule has 0 spiro atoms. The Bertz CT molecular complexity index is 984. The van der Waals surface area contributed by atoms with Crippen LogP contribution in [0.5, 0.6) is 23.0 Å². The standard InChI is InChI=1S/C19H18N2O7/c1-24-14-9-16(26-3)15(25-2)8-12(14)18-20-19(28-21-18)11-6-4-5-7-13(11)27-10-17(22)23/h4-9H,10H2,1-3H3,(H,22,23). The molecule has 0 saturated carbocycles. The molecule has 9 heteroatoms. The van der Waals surface area contributed by atoms with Crippen LogP contribution >= 0.6 is 0 Å². The van der Waals surface area contributed by atoms with E-state index in [0.717, 1.165) is 0 Å². The number of hydrogen-bond acceptors (Lipinski definition) is 8. The molecule has 0 aliphatic heterocycles. The Balaban J connectivity index is 2.01. The highest BCUT2D eigenvalue weighted by Gasteiger charge is 2.20. The molecule has 9 nitrogen and oxygen atoms in total. The number of rotatable bonds is 8. The fraction of sp³-hybridized carbons (Fsp3) is 0.211. The molecule has 0 amide bonds. The lowest BCUT2D eigenvalue weighted by Crippen LogP contribution is -2.09. The molecule has 28 heavy (non-hydrogen) atoms. The third kappa shape index (κ3) is 3.83. The highest BCUT2D eigenvalue weighted by molar-refractivity contribution is 5.72. The maximum atomic E-state index is 10.8. The van der Waals surface area contributed by atoms with Crippen molar-refractivity contribution in [3.63, 3.8) is 0 Å². The lowest BCUT2D eigenvalue weighted by molar-refractivity contribution is -0.139. The van der Waals surface area contributed by atoms with Crippen LogP contribution in [0.25, 0.3) is 22.8 Å². The van der Waals surface area contributed by atoms with Gasteiger partial charge in [0.25, 0.3) is 5.89 Å². The molecule has 3 rings (SSSR count). The molecule has 2 aromatic carbocycles. The van der Waals surface area contributed by atoms with Crippen LogP contribution in [0.15, 0.2) is 40.9 Å². The molecule has 0 saturated heterocycles. The largest absolute Gasteiger partial charge is 0.496 e. The molecule has 0 radical (unpaired) electrons. The van der Waals surface area contributed by atoms with Crippen LogP contribution in [0.3, 0.4) is 0 Å². The molecule has 0 atom stereocenters. The number of methoxy groups -OCH3 is 3. The SMILES string of the molecule is COc1cc(OC)c(-c2noc(-c3ccccc3OCC(=O)O)n2)cc1OC. The first-order valence-electron chi connectivity index (χ1n) is 8.15. The van der Waals surface area contributed by atoms with Crippen LogP contribution in [0.1, 0.15) is 0 Å². The lowest BCUT2D eigenvalue weighted by Gasteiger charge is -2.12. The molecule has 0 bridgehead atoms. The van der Waals surface area contributed by atoms with Crippen LogP contribution in [0.2, 0.25) is 0 Å². The average Bonchev–Trinajstić information content (AvgIpc) is 3.21. The smallest absolute Gasteiger partial charge is 0.341 e. The number of aromatic nitrogens is 2. The van der Waals surface area contributed by atoms with Crippen molar-refractivity contribution in [2.75, 3.05) is 27.9 Å². The number of para-hydroxylation sites is 1. The van der Waals surface area contributed by atoms with E-state index >= 15 is 0 Å². The summed E-state index contributed by atoms with van der Waals surface area (Å²) in [6.07, 6.45) is 0. The normalized spacial score (nSPS) is 10.4. The maximum Gasteiger partial charge on any atom is 0.341 e. The zero-order valence-electron chi connectivity index (χ0n) is 15.5. The Morgan fingerprint density at radius 1 is 0.964 bits per heavy atom. The molecule has 1 heterocycles.